The smallest absolute Gasteiger partial charge is 0.0940 e. The molecule has 0 spiro atoms. The van der Waals surface area contributed by atoms with E-state index in [0.29, 0.717) is 0 Å². The topological polar surface area (TPSA) is 35.5 Å². The number of aliphatic hydroxyl groups excluding tert-OH is 1. The molecule has 2 N–H and O–H groups in total. The van der Waals surface area contributed by atoms with Crippen molar-refractivity contribution in [3.63, 3.8) is 0 Å². The fraction of sp³-hybridized carbons (Fsp3) is 0.647. The van der Waals surface area contributed by atoms with Crippen molar-refractivity contribution in [1.82, 2.24) is 10.2 Å². The zero-order valence-corrected chi connectivity index (χ0v) is 13.6. The Morgan fingerprint density at radius 3 is 2.35 bits per heavy atom. The van der Waals surface area contributed by atoms with E-state index in [9.17, 15) is 5.11 Å². The molecule has 0 fully saturated rings. The summed E-state index contributed by atoms with van der Waals surface area (Å²) in [6.45, 7) is 14.7. The highest BCUT2D eigenvalue weighted by atomic mass is 16.3. The number of likely N-dealkylation sites (N-methyl/N-ethyl adjacent to an activating group) is 1. The normalized spacial score (nSPS) is 14.6. The summed E-state index contributed by atoms with van der Waals surface area (Å²) in [6.07, 6.45) is -0.453. The highest BCUT2D eigenvalue weighted by Gasteiger charge is 2.16. The van der Waals surface area contributed by atoms with Crippen molar-refractivity contribution in [2.24, 2.45) is 0 Å². The lowest BCUT2D eigenvalue weighted by molar-refractivity contribution is 0.133. The molecular weight excluding hydrogens is 248 g/mol. The van der Waals surface area contributed by atoms with E-state index < -0.39 is 6.10 Å². The fourth-order valence-electron chi connectivity index (χ4n) is 2.34. The molecule has 0 aromatic heterocycles. The lowest BCUT2D eigenvalue weighted by Crippen LogP contribution is -2.38. The van der Waals surface area contributed by atoms with Crippen LogP contribution >= 0.6 is 0 Å². The van der Waals surface area contributed by atoms with E-state index in [-0.39, 0.29) is 6.04 Å². The quantitative estimate of drug-likeness (QED) is 0.767. The summed E-state index contributed by atoms with van der Waals surface area (Å²) in [4.78, 5) is 2.38. The van der Waals surface area contributed by atoms with Crippen LogP contribution in [-0.2, 0) is 0 Å². The average Bonchev–Trinajstić information content (AvgIpc) is 2.45. The highest BCUT2D eigenvalue weighted by Crippen LogP contribution is 2.19. The van der Waals surface area contributed by atoms with Crippen molar-refractivity contribution in [2.45, 2.75) is 46.8 Å². The summed E-state index contributed by atoms with van der Waals surface area (Å²) in [6, 6.07) is 6.25. The fourth-order valence-corrected chi connectivity index (χ4v) is 2.34. The number of hydrogen-bond donors (Lipinski definition) is 2. The van der Waals surface area contributed by atoms with Gasteiger partial charge in [-0.25, -0.2) is 0 Å². The Bertz CT molecular complexity index is 402. The Morgan fingerprint density at radius 2 is 1.80 bits per heavy atom. The van der Waals surface area contributed by atoms with Crippen LogP contribution in [-0.4, -0.2) is 42.2 Å². The van der Waals surface area contributed by atoms with Crippen LogP contribution in [0.5, 0.6) is 0 Å². The number of aliphatic hydroxyl groups is 1. The third kappa shape index (κ3) is 4.89. The number of aryl methyl sites for hydroxylation is 2. The van der Waals surface area contributed by atoms with Gasteiger partial charge in [0.25, 0.3) is 0 Å². The lowest BCUT2D eigenvalue weighted by Gasteiger charge is -2.24. The molecule has 0 aliphatic heterocycles. The van der Waals surface area contributed by atoms with Crippen LogP contribution in [0.25, 0.3) is 0 Å². The third-order valence-corrected chi connectivity index (χ3v) is 4.13. The van der Waals surface area contributed by atoms with Gasteiger partial charge in [-0.3, -0.25) is 0 Å². The maximum absolute atomic E-state index is 10.4. The van der Waals surface area contributed by atoms with E-state index in [1.54, 1.807) is 0 Å². The molecular formula is C17H30N2O. The van der Waals surface area contributed by atoms with Crippen LogP contribution in [0.3, 0.4) is 0 Å². The molecule has 0 aliphatic rings. The van der Waals surface area contributed by atoms with Crippen molar-refractivity contribution in [2.75, 3.05) is 26.2 Å². The molecule has 0 heterocycles. The first-order chi connectivity index (χ1) is 9.49. The Hall–Kier alpha value is -0.900. The van der Waals surface area contributed by atoms with E-state index in [2.05, 4.69) is 50.0 Å². The first-order valence-electron chi connectivity index (χ1n) is 7.70. The summed E-state index contributed by atoms with van der Waals surface area (Å²) in [5.41, 5.74) is 3.50. The first kappa shape index (κ1) is 17.2. The largest absolute Gasteiger partial charge is 0.387 e. The molecule has 2 atom stereocenters. The van der Waals surface area contributed by atoms with Crippen LogP contribution in [0.4, 0.5) is 0 Å². The molecule has 114 valence electrons. The van der Waals surface area contributed by atoms with Gasteiger partial charge < -0.3 is 15.3 Å². The van der Waals surface area contributed by atoms with E-state index in [1.807, 2.05) is 13.0 Å². The van der Waals surface area contributed by atoms with Gasteiger partial charge in [0.05, 0.1) is 6.10 Å². The van der Waals surface area contributed by atoms with Crippen molar-refractivity contribution < 1.29 is 5.11 Å². The molecule has 3 heteroatoms. The first-order valence-corrected chi connectivity index (χ1v) is 7.70. The van der Waals surface area contributed by atoms with Gasteiger partial charge in [-0.05, 0) is 50.6 Å². The summed E-state index contributed by atoms with van der Waals surface area (Å²) >= 11 is 0. The molecule has 0 saturated heterocycles. The summed E-state index contributed by atoms with van der Waals surface area (Å²) < 4.78 is 0. The maximum Gasteiger partial charge on any atom is 0.0940 e. The van der Waals surface area contributed by atoms with Crippen LogP contribution in [0.15, 0.2) is 18.2 Å². The number of benzene rings is 1. The zero-order valence-electron chi connectivity index (χ0n) is 13.6. The number of nitrogens with zero attached hydrogens (tertiary/aromatic N) is 1. The molecule has 0 radical (unpaired) electrons. The molecule has 0 saturated carbocycles. The Morgan fingerprint density at radius 1 is 1.15 bits per heavy atom. The Balaban J connectivity index is 2.49. The van der Waals surface area contributed by atoms with Crippen LogP contribution in [0.2, 0.25) is 0 Å². The minimum atomic E-state index is -0.453. The monoisotopic (exact) mass is 278 g/mol. The Kier molecular flexibility index (Phi) is 7.20. The third-order valence-electron chi connectivity index (χ3n) is 4.13. The minimum absolute atomic E-state index is 0.0627. The van der Waals surface area contributed by atoms with E-state index in [0.717, 1.165) is 31.7 Å². The van der Waals surface area contributed by atoms with Gasteiger partial charge in [0, 0.05) is 19.1 Å². The van der Waals surface area contributed by atoms with Crippen molar-refractivity contribution >= 4 is 0 Å². The molecule has 0 amide bonds. The van der Waals surface area contributed by atoms with Gasteiger partial charge in [0.2, 0.25) is 0 Å². The van der Waals surface area contributed by atoms with Gasteiger partial charge >= 0.3 is 0 Å². The molecule has 1 rings (SSSR count). The summed E-state index contributed by atoms with van der Waals surface area (Å²) in [5.74, 6) is 0. The van der Waals surface area contributed by atoms with Crippen LogP contribution < -0.4 is 5.32 Å². The number of hydrogen-bond acceptors (Lipinski definition) is 3. The highest BCUT2D eigenvalue weighted by molar-refractivity contribution is 5.31. The van der Waals surface area contributed by atoms with Gasteiger partial charge in [0.1, 0.15) is 0 Å². The average molecular weight is 278 g/mol. The SMILES string of the molecule is CCN(CC)CCNC(C)C(O)c1ccc(C)c(C)c1. The zero-order chi connectivity index (χ0) is 15.1. The molecule has 1 aromatic rings. The molecule has 2 unspecified atom stereocenters. The van der Waals surface area contributed by atoms with Gasteiger partial charge in [-0.15, -0.1) is 0 Å². The van der Waals surface area contributed by atoms with Crippen LogP contribution in [0, 0.1) is 13.8 Å². The molecule has 0 bridgehead atoms. The van der Waals surface area contributed by atoms with Gasteiger partial charge in [-0.2, -0.15) is 0 Å². The predicted octanol–water partition coefficient (Wildman–Crippen LogP) is 2.66. The Labute approximate surface area is 124 Å². The molecule has 3 nitrogen and oxygen atoms in total. The summed E-state index contributed by atoms with van der Waals surface area (Å²) in [5, 5.41) is 13.8. The number of rotatable bonds is 8. The molecule has 20 heavy (non-hydrogen) atoms. The molecule has 1 aromatic carbocycles. The minimum Gasteiger partial charge on any atom is -0.387 e. The van der Waals surface area contributed by atoms with Gasteiger partial charge in [-0.1, -0.05) is 32.0 Å². The predicted molar refractivity (Wildman–Crippen MR) is 86.1 cm³/mol. The van der Waals surface area contributed by atoms with Crippen molar-refractivity contribution in [3.05, 3.63) is 34.9 Å². The molecule has 0 aliphatic carbocycles. The standard InChI is InChI=1S/C17H30N2O/c1-6-19(7-2)11-10-18-15(5)17(20)16-9-8-13(3)14(4)12-16/h8-9,12,15,17-18,20H,6-7,10-11H2,1-5H3. The maximum atomic E-state index is 10.4. The second-order valence-electron chi connectivity index (χ2n) is 5.56. The second kappa shape index (κ2) is 8.40. The van der Waals surface area contributed by atoms with Gasteiger partial charge in [0.15, 0.2) is 0 Å². The summed E-state index contributed by atoms with van der Waals surface area (Å²) in [7, 11) is 0. The van der Waals surface area contributed by atoms with Crippen molar-refractivity contribution in [1.29, 1.82) is 0 Å². The van der Waals surface area contributed by atoms with E-state index >= 15 is 0 Å². The number of nitrogens with one attached hydrogen (secondary N) is 1. The van der Waals surface area contributed by atoms with Crippen LogP contribution in [0.1, 0.15) is 43.6 Å². The lowest BCUT2D eigenvalue weighted by atomic mass is 9.99. The van der Waals surface area contributed by atoms with Crippen molar-refractivity contribution in [3.8, 4) is 0 Å². The van der Waals surface area contributed by atoms with E-state index in [4.69, 9.17) is 0 Å². The van der Waals surface area contributed by atoms with E-state index in [1.165, 1.54) is 11.1 Å². The second-order valence-corrected chi connectivity index (χ2v) is 5.56.